The van der Waals surface area contributed by atoms with Crippen LogP contribution in [0.15, 0.2) is 41.2 Å². The average Bonchev–Trinajstić information content (AvgIpc) is 2.64. The molecule has 0 spiro atoms. The molecule has 0 N–H and O–H groups in total. The van der Waals surface area contributed by atoms with Crippen LogP contribution in [0, 0.1) is 0 Å². The van der Waals surface area contributed by atoms with E-state index in [0.717, 1.165) is 39.6 Å². The molecule has 1 saturated heterocycles. The second-order valence-electron chi connectivity index (χ2n) is 7.95. The Balaban J connectivity index is 1.52. The van der Waals surface area contributed by atoms with E-state index in [-0.39, 0.29) is 11.5 Å². The van der Waals surface area contributed by atoms with E-state index in [4.69, 9.17) is 4.74 Å². The lowest BCUT2D eigenvalue weighted by Gasteiger charge is -2.36. The highest BCUT2D eigenvalue weighted by Gasteiger charge is 2.26. The summed E-state index contributed by atoms with van der Waals surface area (Å²) < 4.78 is 6.51. The van der Waals surface area contributed by atoms with Crippen molar-refractivity contribution in [1.29, 1.82) is 0 Å². The van der Waals surface area contributed by atoms with Crippen molar-refractivity contribution in [1.82, 2.24) is 9.88 Å². The number of anilines is 1. The minimum atomic E-state index is -0.478. The SMILES string of the molecule is CC(C)(C)OC(=O)N1CCN(c2ccc3nc4ccc(=O)cc-4sc3c2)CC1. The first-order valence-corrected chi connectivity index (χ1v) is 10.2. The van der Waals surface area contributed by atoms with E-state index in [2.05, 4.69) is 22.0 Å². The van der Waals surface area contributed by atoms with Crippen molar-refractivity contribution in [2.24, 2.45) is 0 Å². The van der Waals surface area contributed by atoms with Crippen molar-refractivity contribution < 1.29 is 9.53 Å². The Kier molecular flexibility index (Phi) is 4.71. The fraction of sp³-hybridized carbons (Fsp3) is 0.381. The molecule has 4 rings (SSSR count). The molecule has 1 fully saturated rings. The maximum Gasteiger partial charge on any atom is 0.410 e. The number of piperazine rings is 1. The lowest BCUT2D eigenvalue weighted by molar-refractivity contribution is 0.0240. The van der Waals surface area contributed by atoms with Crippen molar-refractivity contribution in [2.45, 2.75) is 26.4 Å². The number of aromatic nitrogens is 1. The maximum atomic E-state index is 12.2. The number of carbonyl (C=O) groups excluding carboxylic acids is 1. The highest BCUT2D eigenvalue weighted by Crippen LogP contribution is 2.32. The molecule has 28 heavy (non-hydrogen) atoms. The molecule has 0 atom stereocenters. The van der Waals surface area contributed by atoms with Gasteiger partial charge in [-0.3, -0.25) is 4.79 Å². The van der Waals surface area contributed by atoms with Crippen LogP contribution >= 0.6 is 11.3 Å². The zero-order valence-electron chi connectivity index (χ0n) is 16.3. The zero-order valence-corrected chi connectivity index (χ0v) is 17.1. The summed E-state index contributed by atoms with van der Waals surface area (Å²) in [6.45, 7) is 8.40. The molecule has 0 saturated carbocycles. The van der Waals surface area contributed by atoms with Gasteiger partial charge in [0.2, 0.25) is 0 Å². The molecule has 1 aromatic carbocycles. The number of benzene rings is 2. The van der Waals surface area contributed by atoms with Crippen molar-refractivity contribution in [2.75, 3.05) is 31.1 Å². The number of ether oxygens (including phenoxy) is 1. The largest absolute Gasteiger partial charge is 0.444 e. The Morgan fingerprint density at radius 1 is 1.07 bits per heavy atom. The summed E-state index contributed by atoms with van der Waals surface area (Å²) in [5.41, 5.74) is 2.39. The standard InChI is InChI=1S/C21H23N3O3S/c1-21(2,3)27-20(26)24-10-8-23(9-11-24)14-4-6-16-18(12-14)28-19-13-15(25)5-7-17(19)22-16/h4-7,12-13H,8-11H2,1-3H3. The minimum Gasteiger partial charge on any atom is -0.444 e. The zero-order chi connectivity index (χ0) is 19.9. The molecule has 0 aromatic heterocycles. The maximum absolute atomic E-state index is 12.2. The van der Waals surface area contributed by atoms with Gasteiger partial charge in [-0.25, -0.2) is 9.78 Å². The fourth-order valence-electron chi connectivity index (χ4n) is 3.26. The number of nitrogens with zero attached hydrogens (tertiary/aromatic N) is 3. The van der Waals surface area contributed by atoms with Crippen LogP contribution in [0.5, 0.6) is 0 Å². The monoisotopic (exact) mass is 397 g/mol. The van der Waals surface area contributed by atoms with Gasteiger partial charge in [-0.15, -0.1) is 11.3 Å². The third-order valence-corrected chi connectivity index (χ3v) is 5.73. The van der Waals surface area contributed by atoms with Gasteiger partial charge >= 0.3 is 6.09 Å². The molecule has 2 heterocycles. The minimum absolute atomic E-state index is 0.000630. The summed E-state index contributed by atoms with van der Waals surface area (Å²) in [6, 6.07) is 11.2. The Morgan fingerprint density at radius 2 is 1.82 bits per heavy atom. The van der Waals surface area contributed by atoms with Crippen LogP contribution in [0.3, 0.4) is 0 Å². The molecular formula is C21H23N3O3S. The van der Waals surface area contributed by atoms with Crippen LogP contribution in [-0.2, 0) is 4.74 Å². The van der Waals surface area contributed by atoms with Gasteiger partial charge in [-0.1, -0.05) is 0 Å². The van der Waals surface area contributed by atoms with Gasteiger partial charge in [0.1, 0.15) is 5.60 Å². The molecule has 6 nitrogen and oxygen atoms in total. The molecule has 1 aromatic rings. The number of carbonyl (C=O) groups is 1. The van der Waals surface area contributed by atoms with Crippen molar-refractivity contribution in [3.63, 3.8) is 0 Å². The van der Waals surface area contributed by atoms with Gasteiger partial charge in [0.15, 0.2) is 5.43 Å². The molecule has 3 aliphatic rings. The van der Waals surface area contributed by atoms with Crippen LogP contribution in [0.2, 0.25) is 0 Å². The average molecular weight is 398 g/mol. The summed E-state index contributed by atoms with van der Waals surface area (Å²) in [7, 11) is 0. The van der Waals surface area contributed by atoms with Gasteiger partial charge in [0.05, 0.1) is 20.8 Å². The Morgan fingerprint density at radius 3 is 2.54 bits per heavy atom. The molecule has 146 valence electrons. The fourth-order valence-corrected chi connectivity index (χ4v) is 4.29. The van der Waals surface area contributed by atoms with Gasteiger partial charge in [-0.05, 0) is 51.1 Å². The quantitative estimate of drug-likeness (QED) is 0.584. The summed E-state index contributed by atoms with van der Waals surface area (Å²) in [5.74, 6) is 0. The van der Waals surface area contributed by atoms with Gasteiger partial charge in [0.25, 0.3) is 0 Å². The number of rotatable bonds is 1. The smallest absolute Gasteiger partial charge is 0.410 e. The van der Waals surface area contributed by atoms with E-state index in [1.807, 2.05) is 26.8 Å². The number of hydrogen-bond donors (Lipinski definition) is 0. The van der Waals surface area contributed by atoms with Crippen molar-refractivity contribution in [3.8, 4) is 10.6 Å². The normalized spacial score (nSPS) is 15.2. The highest BCUT2D eigenvalue weighted by molar-refractivity contribution is 7.21. The third kappa shape index (κ3) is 3.94. The Hall–Kier alpha value is -2.67. The molecular weight excluding hydrogens is 374 g/mol. The predicted molar refractivity (Wildman–Crippen MR) is 113 cm³/mol. The highest BCUT2D eigenvalue weighted by atomic mass is 32.1. The Bertz CT molecular complexity index is 1050. The Labute approximate surface area is 167 Å². The molecule has 7 heteroatoms. The van der Waals surface area contributed by atoms with E-state index < -0.39 is 5.60 Å². The van der Waals surface area contributed by atoms with E-state index in [1.54, 1.807) is 34.4 Å². The molecule has 0 bridgehead atoms. The van der Waals surface area contributed by atoms with E-state index in [9.17, 15) is 9.59 Å². The number of fused-ring (bicyclic) bond motifs is 2. The van der Waals surface area contributed by atoms with Crippen LogP contribution in [-0.4, -0.2) is 47.8 Å². The molecule has 2 aliphatic heterocycles. The summed E-state index contributed by atoms with van der Waals surface area (Å²) in [4.78, 5) is 33.4. The van der Waals surface area contributed by atoms with E-state index in [0.29, 0.717) is 13.1 Å². The van der Waals surface area contributed by atoms with Crippen molar-refractivity contribution in [3.05, 3.63) is 46.6 Å². The lowest BCUT2D eigenvalue weighted by Crippen LogP contribution is -2.50. The second kappa shape index (κ2) is 7.05. The van der Waals surface area contributed by atoms with Gasteiger partial charge in [0, 0.05) is 37.9 Å². The molecule has 0 radical (unpaired) electrons. The summed E-state index contributed by atoms with van der Waals surface area (Å²) in [5, 5.41) is 0. The first kappa shape index (κ1) is 18.7. The predicted octanol–water partition coefficient (Wildman–Crippen LogP) is 3.82. The molecule has 1 aliphatic carbocycles. The molecule has 0 unspecified atom stereocenters. The van der Waals surface area contributed by atoms with Gasteiger partial charge < -0.3 is 14.5 Å². The third-order valence-electron chi connectivity index (χ3n) is 4.63. The van der Waals surface area contributed by atoms with Gasteiger partial charge in [-0.2, -0.15) is 0 Å². The van der Waals surface area contributed by atoms with Crippen molar-refractivity contribution >= 4 is 33.3 Å². The number of amides is 1. The molecule has 1 amide bonds. The topological polar surface area (TPSA) is 62.7 Å². The van der Waals surface area contributed by atoms with E-state index >= 15 is 0 Å². The van der Waals surface area contributed by atoms with Crippen LogP contribution in [0.1, 0.15) is 20.8 Å². The summed E-state index contributed by atoms with van der Waals surface area (Å²) >= 11 is 1.58. The first-order chi connectivity index (χ1) is 13.3. The number of hydrogen-bond acceptors (Lipinski definition) is 6. The van der Waals surface area contributed by atoms with Crippen LogP contribution in [0.25, 0.3) is 20.8 Å². The lowest BCUT2D eigenvalue weighted by atomic mass is 10.2. The van der Waals surface area contributed by atoms with Crippen LogP contribution < -0.4 is 10.3 Å². The van der Waals surface area contributed by atoms with E-state index in [1.165, 1.54) is 0 Å². The summed E-state index contributed by atoms with van der Waals surface area (Å²) in [6.07, 6.45) is -0.253. The first-order valence-electron chi connectivity index (χ1n) is 9.36. The second-order valence-corrected chi connectivity index (χ2v) is 9.03. The van der Waals surface area contributed by atoms with Crippen LogP contribution in [0.4, 0.5) is 10.5 Å².